The van der Waals surface area contributed by atoms with Gasteiger partial charge in [-0.15, -0.1) is 31.4 Å². The second-order valence-corrected chi connectivity index (χ2v) is 6.40. The Labute approximate surface area is 158 Å². The summed E-state index contributed by atoms with van der Waals surface area (Å²) in [4.78, 5) is 4.84. The zero-order chi connectivity index (χ0) is 15.1. The molecule has 1 fully saturated rings. The summed E-state index contributed by atoms with van der Waals surface area (Å²) >= 11 is 4.68. The Kier molecular flexibility index (Phi) is 11.8. The molecule has 1 aliphatic rings. The number of ether oxygens (including phenoxy) is 1. The van der Waals surface area contributed by atoms with Crippen molar-refractivity contribution in [1.82, 2.24) is 9.80 Å². The Morgan fingerprint density at radius 1 is 1.22 bits per heavy atom. The molecule has 2 rings (SSSR count). The van der Waals surface area contributed by atoms with Gasteiger partial charge in [0.15, 0.2) is 0 Å². The maximum Gasteiger partial charge on any atom is 0.122 e. The first kappa shape index (κ1) is 22.6. The predicted molar refractivity (Wildman–Crippen MR) is 107 cm³/mol. The quantitative estimate of drug-likeness (QED) is 0.579. The maximum atomic E-state index is 5.95. The number of allylic oxidation sites excluding steroid dienone is 1. The van der Waals surface area contributed by atoms with Gasteiger partial charge in [0.25, 0.3) is 0 Å². The van der Waals surface area contributed by atoms with Crippen molar-refractivity contribution in [2.24, 2.45) is 0 Å². The summed E-state index contributed by atoms with van der Waals surface area (Å²) in [6, 6.07) is 8.16. The summed E-state index contributed by atoms with van der Waals surface area (Å²) < 4.78 is 5.95. The van der Waals surface area contributed by atoms with Crippen molar-refractivity contribution in [3.8, 4) is 5.75 Å². The van der Waals surface area contributed by atoms with E-state index in [0.29, 0.717) is 6.61 Å². The molecule has 1 heterocycles. The number of hydrogen-bond acceptors (Lipinski definition) is 4. The van der Waals surface area contributed by atoms with Gasteiger partial charge in [-0.05, 0) is 25.1 Å². The molecule has 0 spiro atoms. The summed E-state index contributed by atoms with van der Waals surface area (Å²) in [5, 5.41) is 0.241. The Balaban J connectivity index is 0.00000242. The molecule has 23 heavy (non-hydrogen) atoms. The second kappa shape index (κ2) is 12.0. The van der Waals surface area contributed by atoms with Crippen molar-refractivity contribution in [3.05, 3.63) is 42.5 Å². The first-order valence-corrected chi connectivity index (χ1v) is 8.11. The minimum atomic E-state index is 0. The molecular formula is C17H28Cl2N2OS. The number of thiol groups is 1. The molecule has 0 bridgehead atoms. The van der Waals surface area contributed by atoms with Crippen LogP contribution < -0.4 is 4.74 Å². The van der Waals surface area contributed by atoms with Gasteiger partial charge in [-0.2, -0.15) is 12.6 Å². The Morgan fingerprint density at radius 3 is 2.52 bits per heavy atom. The molecule has 132 valence electrons. The van der Waals surface area contributed by atoms with E-state index in [1.807, 2.05) is 24.3 Å². The third kappa shape index (κ3) is 7.81. The molecule has 0 radical (unpaired) electrons. The number of nitrogens with zero attached hydrogens (tertiary/aromatic N) is 2. The molecule has 0 amide bonds. The van der Waals surface area contributed by atoms with Gasteiger partial charge in [0.05, 0.1) is 0 Å². The lowest BCUT2D eigenvalue weighted by Crippen LogP contribution is -2.47. The Morgan fingerprint density at radius 2 is 1.87 bits per heavy atom. The maximum absolute atomic E-state index is 5.95. The van der Waals surface area contributed by atoms with Crippen LogP contribution in [0.15, 0.2) is 36.9 Å². The largest absolute Gasteiger partial charge is 0.492 e. The van der Waals surface area contributed by atoms with Gasteiger partial charge in [-0.3, -0.25) is 4.90 Å². The molecule has 1 aromatic rings. The van der Waals surface area contributed by atoms with Gasteiger partial charge in [-0.1, -0.05) is 24.3 Å². The van der Waals surface area contributed by atoms with E-state index in [9.17, 15) is 0 Å². The van der Waals surface area contributed by atoms with E-state index in [4.69, 9.17) is 4.74 Å². The molecule has 0 saturated carbocycles. The summed E-state index contributed by atoms with van der Waals surface area (Å²) in [5.74, 6) is 0.954. The van der Waals surface area contributed by atoms with Crippen LogP contribution in [0.2, 0.25) is 0 Å². The van der Waals surface area contributed by atoms with Crippen molar-refractivity contribution in [1.29, 1.82) is 0 Å². The number of piperazine rings is 1. The van der Waals surface area contributed by atoms with E-state index < -0.39 is 0 Å². The van der Waals surface area contributed by atoms with Crippen molar-refractivity contribution in [2.75, 3.05) is 46.4 Å². The number of benzene rings is 1. The number of likely N-dealkylation sites (N-methyl/N-ethyl adjacent to an activating group) is 1. The molecule has 1 aliphatic heterocycles. The first-order valence-electron chi connectivity index (χ1n) is 7.59. The van der Waals surface area contributed by atoms with Gasteiger partial charge in [0.1, 0.15) is 12.4 Å². The van der Waals surface area contributed by atoms with Crippen LogP contribution in [0.25, 0.3) is 0 Å². The highest BCUT2D eigenvalue weighted by Gasteiger charge is 2.17. The van der Waals surface area contributed by atoms with Crippen molar-refractivity contribution >= 4 is 37.4 Å². The smallest absolute Gasteiger partial charge is 0.122 e. The first-order chi connectivity index (χ1) is 10.2. The average molecular weight is 379 g/mol. The number of rotatable bonds is 7. The zero-order valence-corrected chi connectivity index (χ0v) is 16.2. The number of hydrogen-bond donors (Lipinski definition) is 1. The fourth-order valence-electron chi connectivity index (χ4n) is 2.54. The summed E-state index contributed by atoms with van der Waals surface area (Å²) in [7, 11) is 2.18. The number of halogens is 2. The van der Waals surface area contributed by atoms with Crippen molar-refractivity contribution < 1.29 is 4.74 Å². The van der Waals surface area contributed by atoms with Crippen LogP contribution in [0.5, 0.6) is 5.75 Å². The third-order valence-corrected chi connectivity index (χ3v) is 4.15. The zero-order valence-electron chi connectivity index (χ0n) is 13.7. The lowest BCUT2D eigenvalue weighted by atomic mass is 10.1. The molecular weight excluding hydrogens is 351 g/mol. The Hall–Kier alpha value is -0.390. The Bertz CT molecular complexity index is 454. The van der Waals surface area contributed by atoms with E-state index in [0.717, 1.165) is 44.9 Å². The highest BCUT2D eigenvalue weighted by molar-refractivity contribution is 7.81. The molecule has 1 saturated heterocycles. The number of para-hydroxylation sites is 1. The highest BCUT2D eigenvalue weighted by Crippen LogP contribution is 2.19. The van der Waals surface area contributed by atoms with Gasteiger partial charge < -0.3 is 9.64 Å². The monoisotopic (exact) mass is 378 g/mol. The van der Waals surface area contributed by atoms with Gasteiger partial charge in [0, 0.05) is 38.0 Å². The van der Waals surface area contributed by atoms with Crippen LogP contribution in [0.3, 0.4) is 0 Å². The van der Waals surface area contributed by atoms with Crippen LogP contribution in [-0.2, 0) is 6.42 Å². The standard InChI is InChI=1S/C17H26N2OS.2ClH/c1-3-6-15-7-4-5-8-17(15)20-14-16(21)13-19-11-9-18(2)10-12-19;;/h3-5,7-8,16,21H,1,6,9-14H2,2H3;2*1H. The fourth-order valence-corrected chi connectivity index (χ4v) is 2.84. The fraction of sp³-hybridized carbons (Fsp3) is 0.529. The molecule has 3 nitrogen and oxygen atoms in total. The summed E-state index contributed by atoms with van der Waals surface area (Å²) in [5.41, 5.74) is 1.19. The lowest BCUT2D eigenvalue weighted by Gasteiger charge is -2.33. The topological polar surface area (TPSA) is 15.7 Å². The average Bonchev–Trinajstić information content (AvgIpc) is 2.49. The van der Waals surface area contributed by atoms with Crippen molar-refractivity contribution in [3.63, 3.8) is 0 Å². The lowest BCUT2D eigenvalue weighted by molar-refractivity contribution is 0.148. The molecule has 1 aromatic carbocycles. The molecule has 0 N–H and O–H groups in total. The van der Waals surface area contributed by atoms with Crippen LogP contribution >= 0.6 is 37.4 Å². The molecule has 1 atom stereocenters. The molecule has 6 heteroatoms. The highest BCUT2D eigenvalue weighted by atomic mass is 35.5. The van der Waals surface area contributed by atoms with Gasteiger partial charge in [-0.25, -0.2) is 0 Å². The summed E-state index contributed by atoms with van der Waals surface area (Å²) in [6.07, 6.45) is 2.75. The van der Waals surface area contributed by atoms with E-state index in [2.05, 4.69) is 42.1 Å². The van der Waals surface area contributed by atoms with E-state index in [1.54, 1.807) is 0 Å². The second-order valence-electron chi connectivity index (χ2n) is 5.67. The molecule has 1 unspecified atom stereocenters. The van der Waals surface area contributed by atoms with E-state index in [1.165, 1.54) is 5.56 Å². The van der Waals surface area contributed by atoms with Crippen LogP contribution in [-0.4, -0.2) is 61.4 Å². The normalized spacial score (nSPS) is 16.8. The van der Waals surface area contributed by atoms with Crippen LogP contribution in [0, 0.1) is 0 Å². The minimum Gasteiger partial charge on any atom is -0.492 e. The molecule has 0 aliphatic carbocycles. The van der Waals surface area contributed by atoms with Crippen LogP contribution in [0.4, 0.5) is 0 Å². The van der Waals surface area contributed by atoms with Crippen LogP contribution in [0.1, 0.15) is 5.56 Å². The SMILES string of the molecule is C=CCc1ccccc1OCC(S)CN1CCN(C)CC1.Cl.Cl. The minimum absolute atomic E-state index is 0. The summed E-state index contributed by atoms with van der Waals surface area (Å²) in [6.45, 7) is 9.96. The predicted octanol–water partition coefficient (Wildman–Crippen LogP) is 3.18. The molecule has 0 aromatic heterocycles. The van der Waals surface area contributed by atoms with Gasteiger partial charge in [0.2, 0.25) is 0 Å². The van der Waals surface area contributed by atoms with E-state index in [-0.39, 0.29) is 30.1 Å². The van der Waals surface area contributed by atoms with Crippen molar-refractivity contribution in [2.45, 2.75) is 11.7 Å². The van der Waals surface area contributed by atoms with E-state index >= 15 is 0 Å². The third-order valence-electron chi connectivity index (χ3n) is 3.83. The van der Waals surface area contributed by atoms with Gasteiger partial charge >= 0.3 is 0 Å².